The van der Waals surface area contributed by atoms with Crippen LogP contribution in [-0.2, 0) is 9.84 Å². The standard InChI is InChI=1S/C22H19N3O4S/c1-30(27,28)17-4-2-14(3-5-17)20-11-19-22(29-20)18(7-9-23-19)15-6-8-24-21(10-15)25-12-16(26)13-25/h2-11,16,26H,12-13H2,1H3. The third kappa shape index (κ3) is 3.34. The Morgan fingerprint density at radius 1 is 1.00 bits per heavy atom. The molecule has 1 saturated heterocycles. The Kier molecular flexibility index (Phi) is 4.34. The van der Waals surface area contributed by atoms with Crippen molar-refractivity contribution < 1.29 is 17.9 Å². The maximum Gasteiger partial charge on any atom is 0.175 e. The van der Waals surface area contributed by atoms with Gasteiger partial charge in [-0.3, -0.25) is 4.98 Å². The second kappa shape index (κ2) is 6.93. The average Bonchev–Trinajstić information content (AvgIpc) is 3.15. The zero-order valence-corrected chi connectivity index (χ0v) is 17.0. The van der Waals surface area contributed by atoms with Crippen LogP contribution in [0.5, 0.6) is 0 Å². The van der Waals surface area contributed by atoms with Crippen molar-refractivity contribution in [1.29, 1.82) is 0 Å². The topological polar surface area (TPSA) is 96.5 Å². The highest BCUT2D eigenvalue weighted by molar-refractivity contribution is 7.90. The van der Waals surface area contributed by atoms with Crippen molar-refractivity contribution in [2.24, 2.45) is 0 Å². The summed E-state index contributed by atoms with van der Waals surface area (Å²) in [5.41, 5.74) is 3.98. The third-order valence-corrected chi connectivity index (χ3v) is 6.35. The van der Waals surface area contributed by atoms with E-state index in [1.807, 2.05) is 29.2 Å². The number of aromatic nitrogens is 2. The molecule has 3 aromatic heterocycles. The molecule has 0 atom stereocenters. The second-order valence-corrected chi connectivity index (χ2v) is 9.46. The highest BCUT2D eigenvalue weighted by atomic mass is 32.2. The SMILES string of the molecule is CS(=O)(=O)c1ccc(-c2cc3nccc(-c4ccnc(N5CC(O)C5)c4)c3o2)cc1. The van der Waals surface area contributed by atoms with Crippen LogP contribution in [0.25, 0.3) is 33.6 Å². The Morgan fingerprint density at radius 3 is 2.43 bits per heavy atom. The minimum Gasteiger partial charge on any atom is -0.454 e. The number of aliphatic hydroxyl groups excluding tert-OH is 1. The molecule has 0 spiro atoms. The highest BCUT2D eigenvalue weighted by Gasteiger charge is 2.25. The monoisotopic (exact) mass is 421 g/mol. The molecule has 0 aliphatic carbocycles. The third-order valence-electron chi connectivity index (χ3n) is 5.22. The van der Waals surface area contributed by atoms with Crippen LogP contribution in [0.2, 0.25) is 0 Å². The van der Waals surface area contributed by atoms with E-state index in [1.54, 1.807) is 36.7 Å². The molecule has 1 N–H and O–H groups in total. The predicted octanol–water partition coefficient (Wildman–Crippen LogP) is 3.14. The lowest BCUT2D eigenvalue weighted by Crippen LogP contribution is -2.51. The summed E-state index contributed by atoms with van der Waals surface area (Å²) in [4.78, 5) is 11.1. The van der Waals surface area contributed by atoms with Crippen LogP contribution in [0, 0.1) is 0 Å². The number of fused-ring (bicyclic) bond motifs is 1. The Hall–Kier alpha value is -3.23. The summed E-state index contributed by atoms with van der Waals surface area (Å²) in [6.07, 6.45) is 4.36. The molecule has 4 aromatic rings. The molecule has 0 amide bonds. The zero-order valence-electron chi connectivity index (χ0n) is 16.2. The van der Waals surface area contributed by atoms with Gasteiger partial charge in [-0.15, -0.1) is 0 Å². The number of pyridine rings is 2. The summed E-state index contributed by atoms with van der Waals surface area (Å²) >= 11 is 0. The van der Waals surface area contributed by atoms with Gasteiger partial charge in [0.15, 0.2) is 15.4 Å². The molecule has 152 valence electrons. The van der Waals surface area contributed by atoms with Crippen molar-refractivity contribution in [3.05, 3.63) is 60.9 Å². The molecule has 1 fully saturated rings. The van der Waals surface area contributed by atoms with E-state index in [2.05, 4.69) is 9.97 Å². The van der Waals surface area contributed by atoms with Crippen LogP contribution in [0.1, 0.15) is 0 Å². The Labute approximate surface area is 173 Å². The summed E-state index contributed by atoms with van der Waals surface area (Å²) < 4.78 is 29.5. The molecular weight excluding hydrogens is 402 g/mol. The Balaban J connectivity index is 1.54. The lowest BCUT2D eigenvalue weighted by molar-refractivity contribution is 0.141. The maximum atomic E-state index is 11.7. The lowest BCUT2D eigenvalue weighted by atomic mass is 10.1. The number of nitrogens with zero attached hydrogens (tertiary/aromatic N) is 3. The van der Waals surface area contributed by atoms with Gasteiger partial charge in [0.1, 0.15) is 17.1 Å². The van der Waals surface area contributed by atoms with Gasteiger partial charge in [0.25, 0.3) is 0 Å². The van der Waals surface area contributed by atoms with Gasteiger partial charge in [0, 0.05) is 48.9 Å². The van der Waals surface area contributed by atoms with Crippen LogP contribution in [0.4, 0.5) is 5.82 Å². The molecule has 0 saturated carbocycles. The van der Waals surface area contributed by atoms with Gasteiger partial charge in [0.05, 0.1) is 11.0 Å². The largest absolute Gasteiger partial charge is 0.454 e. The van der Waals surface area contributed by atoms with Crippen molar-refractivity contribution in [2.45, 2.75) is 11.0 Å². The van der Waals surface area contributed by atoms with Crippen molar-refractivity contribution in [1.82, 2.24) is 9.97 Å². The number of aliphatic hydroxyl groups is 1. The van der Waals surface area contributed by atoms with Crippen LogP contribution in [0.15, 0.2) is 70.2 Å². The number of hydrogen-bond donors (Lipinski definition) is 1. The van der Waals surface area contributed by atoms with Crippen molar-refractivity contribution >= 4 is 26.8 Å². The van der Waals surface area contributed by atoms with E-state index >= 15 is 0 Å². The minimum atomic E-state index is -3.25. The molecular formula is C22H19N3O4S. The number of anilines is 1. The van der Waals surface area contributed by atoms with Gasteiger partial charge in [0.2, 0.25) is 0 Å². The number of rotatable bonds is 4. The summed E-state index contributed by atoms with van der Waals surface area (Å²) in [6.45, 7) is 1.16. The summed E-state index contributed by atoms with van der Waals surface area (Å²) in [7, 11) is -3.25. The quantitative estimate of drug-likeness (QED) is 0.541. The molecule has 30 heavy (non-hydrogen) atoms. The first-order valence-electron chi connectivity index (χ1n) is 9.47. The van der Waals surface area contributed by atoms with E-state index in [0.29, 0.717) is 29.9 Å². The molecule has 8 heteroatoms. The van der Waals surface area contributed by atoms with E-state index in [1.165, 1.54) is 6.26 Å². The molecule has 1 aromatic carbocycles. The van der Waals surface area contributed by atoms with Crippen molar-refractivity contribution in [2.75, 3.05) is 24.2 Å². The van der Waals surface area contributed by atoms with E-state index in [0.717, 1.165) is 22.5 Å². The second-order valence-electron chi connectivity index (χ2n) is 7.44. The van der Waals surface area contributed by atoms with Crippen LogP contribution >= 0.6 is 0 Å². The Morgan fingerprint density at radius 2 is 1.73 bits per heavy atom. The fraction of sp³-hybridized carbons (Fsp3) is 0.182. The van der Waals surface area contributed by atoms with Gasteiger partial charge in [-0.25, -0.2) is 13.4 Å². The molecule has 0 radical (unpaired) electrons. The highest BCUT2D eigenvalue weighted by Crippen LogP contribution is 2.35. The smallest absolute Gasteiger partial charge is 0.175 e. The molecule has 7 nitrogen and oxygen atoms in total. The molecule has 1 aliphatic rings. The number of hydrogen-bond acceptors (Lipinski definition) is 7. The summed E-state index contributed by atoms with van der Waals surface area (Å²) in [5.74, 6) is 1.43. The average molecular weight is 421 g/mol. The molecule has 1 aliphatic heterocycles. The first-order valence-corrected chi connectivity index (χ1v) is 11.4. The van der Waals surface area contributed by atoms with Crippen LogP contribution < -0.4 is 4.90 Å². The number of sulfone groups is 1. The predicted molar refractivity (Wildman–Crippen MR) is 114 cm³/mol. The van der Waals surface area contributed by atoms with E-state index in [-0.39, 0.29) is 11.0 Å². The van der Waals surface area contributed by atoms with E-state index in [9.17, 15) is 13.5 Å². The van der Waals surface area contributed by atoms with Gasteiger partial charge in [-0.2, -0.15) is 0 Å². The molecule has 4 heterocycles. The summed E-state index contributed by atoms with van der Waals surface area (Å²) in [5, 5.41) is 9.55. The van der Waals surface area contributed by atoms with Crippen molar-refractivity contribution in [3.8, 4) is 22.5 Å². The zero-order chi connectivity index (χ0) is 20.9. The van der Waals surface area contributed by atoms with Gasteiger partial charge in [-0.1, -0.05) is 0 Å². The first-order chi connectivity index (χ1) is 14.4. The number of furan rings is 1. The maximum absolute atomic E-state index is 11.7. The first kappa shape index (κ1) is 18.8. The van der Waals surface area contributed by atoms with Crippen molar-refractivity contribution in [3.63, 3.8) is 0 Å². The van der Waals surface area contributed by atoms with Gasteiger partial charge < -0.3 is 14.4 Å². The van der Waals surface area contributed by atoms with Crippen LogP contribution in [0.3, 0.4) is 0 Å². The summed E-state index contributed by atoms with van der Waals surface area (Å²) in [6, 6.07) is 14.2. The minimum absolute atomic E-state index is 0.265. The number of benzene rings is 1. The lowest BCUT2D eigenvalue weighted by Gasteiger charge is -2.36. The fourth-order valence-corrected chi connectivity index (χ4v) is 4.21. The molecule has 5 rings (SSSR count). The molecule has 0 unspecified atom stereocenters. The van der Waals surface area contributed by atoms with E-state index in [4.69, 9.17) is 4.42 Å². The van der Waals surface area contributed by atoms with Gasteiger partial charge in [-0.05, 0) is 48.0 Å². The van der Waals surface area contributed by atoms with E-state index < -0.39 is 9.84 Å². The fourth-order valence-electron chi connectivity index (χ4n) is 3.58. The number of β-amino-alcohol motifs (C(OH)–C–C–N with tert-alkyl or cyclic N) is 1. The molecule has 0 bridgehead atoms. The normalized spacial score (nSPS) is 14.8. The van der Waals surface area contributed by atoms with Crippen LogP contribution in [-0.4, -0.2) is 48.9 Å². The van der Waals surface area contributed by atoms with Gasteiger partial charge >= 0.3 is 0 Å². The Bertz CT molecular complexity index is 1340.